The Kier molecular flexibility index (Phi) is 8.28. The van der Waals surface area contributed by atoms with Crippen molar-refractivity contribution in [3.8, 4) is 11.5 Å². The molecule has 2 unspecified atom stereocenters. The van der Waals surface area contributed by atoms with E-state index in [1.165, 1.54) is 0 Å². The number of hydrogen-bond acceptors (Lipinski definition) is 7. The van der Waals surface area contributed by atoms with Gasteiger partial charge in [0.2, 0.25) is 0 Å². The number of carboxylic acid groups (broad SMARTS) is 1. The zero-order valence-electron chi connectivity index (χ0n) is 21.2. The van der Waals surface area contributed by atoms with Gasteiger partial charge in [0.15, 0.2) is 12.4 Å². The molecule has 2 fully saturated rings. The number of piperidine rings is 1. The van der Waals surface area contributed by atoms with E-state index in [1.807, 2.05) is 12.1 Å². The van der Waals surface area contributed by atoms with Gasteiger partial charge in [0, 0.05) is 17.2 Å². The molecule has 0 aromatic heterocycles. The summed E-state index contributed by atoms with van der Waals surface area (Å²) in [5.41, 5.74) is -0.102. The Balaban J connectivity index is 1.68. The molecule has 0 spiro atoms. The number of carboxylic acids is 1. The molecular weight excluding hydrogens is 460 g/mol. The summed E-state index contributed by atoms with van der Waals surface area (Å²) in [4.78, 5) is 28.0. The maximum atomic E-state index is 14.3. The highest BCUT2D eigenvalue weighted by Crippen LogP contribution is 2.42. The first-order valence-corrected chi connectivity index (χ1v) is 12.6. The zero-order chi connectivity index (χ0) is 25.7. The Hall–Kier alpha value is -2.94. The lowest BCUT2D eigenvalue weighted by Crippen LogP contribution is -2.56. The van der Waals surface area contributed by atoms with Gasteiger partial charge < -0.3 is 24.2 Å². The Morgan fingerprint density at radius 1 is 1.14 bits per heavy atom. The van der Waals surface area contributed by atoms with Crippen LogP contribution in [0.25, 0.3) is 0 Å². The number of rotatable bonds is 12. The second-order valence-electron chi connectivity index (χ2n) is 9.82. The first-order chi connectivity index (χ1) is 17.3. The fourth-order valence-electron chi connectivity index (χ4n) is 5.04. The third kappa shape index (κ3) is 5.72. The summed E-state index contributed by atoms with van der Waals surface area (Å²) in [5.74, 6) is 0.214. The average Bonchev–Trinajstić information content (AvgIpc) is 3.74. The quantitative estimate of drug-likeness (QED) is 0.341. The number of nitrogens with zero attached hydrogens (tertiary/aromatic N) is 1. The molecule has 2 aromatic carbocycles. The van der Waals surface area contributed by atoms with Crippen molar-refractivity contribution in [2.45, 2.75) is 44.4 Å². The van der Waals surface area contributed by atoms with Gasteiger partial charge in [-0.1, -0.05) is 18.2 Å². The van der Waals surface area contributed by atoms with Gasteiger partial charge in [-0.3, -0.25) is 10.1 Å². The summed E-state index contributed by atoms with van der Waals surface area (Å²) in [6.45, 7) is 7.06. The molecule has 8 nitrogen and oxygen atoms in total. The Labute approximate surface area is 212 Å². The predicted molar refractivity (Wildman–Crippen MR) is 136 cm³/mol. The SMILES string of the molecule is COc1ccc(C(=O)C(NCC2CCN(C(C)C)CC2)(c2ccccc2OCC(=O)O)C2CO2)cc1. The van der Waals surface area contributed by atoms with Crippen LogP contribution < -0.4 is 14.8 Å². The molecule has 2 aromatic rings. The van der Waals surface area contributed by atoms with Crippen molar-refractivity contribution in [1.29, 1.82) is 0 Å². The van der Waals surface area contributed by atoms with E-state index in [2.05, 4.69) is 24.1 Å². The van der Waals surface area contributed by atoms with Crippen molar-refractivity contribution in [1.82, 2.24) is 10.2 Å². The zero-order valence-corrected chi connectivity index (χ0v) is 21.2. The Morgan fingerprint density at radius 3 is 2.39 bits per heavy atom. The van der Waals surface area contributed by atoms with Crippen LogP contribution in [0.4, 0.5) is 0 Å². The summed E-state index contributed by atoms with van der Waals surface area (Å²) in [7, 11) is 1.58. The molecule has 2 saturated heterocycles. The van der Waals surface area contributed by atoms with Crippen LogP contribution in [0, 0.1) is 5.92 Å². The summed E-state index contributed by atoms with van der Waals surface area (Å²) in [6.07, 6.45) is 1.69. The molecule has 4 rings (SSSR count). The first-order valence-electron chi connectivity index (χ1n) is 12.6. The van der Waals surface area contributed by atoms with Gasteiger partial charge in [0.25, 0.3) is 0 Å². The number of likely N-dealkylation sites (tertiary alicyclic amines) is 1. The number of Topliss-reactive ketones (excluding diaryl/α,β-unsaturated/α-hetero) is 1. The van der Waals surface area contributed by atoms with E-state index in [1.54, 1.807) is 43.5 Å². The van der Waals surface area contributed by atoms with Crippen LogP contribution in [-0.2, 0) is 15.1 Å². The summed E-state index contributed by atoms with van der Waals surface area (Å²) in [5, 5.41) is 12.8. The number of epoxide rings is 1. The van der Waals surface area contributed by atoms with E-state index in [0.29, 0.717) is 47.7 Å². The van der Waals surface area contributed by atoms with Gasteiger partial charge in [0.05, 0.1) is 13.7 Å². The largest absolute Gasteiger partial charge is 0.497 e. The number of benzene rings is 2. The number of ether oxygens (including phenoxy) is 3. The van der Waals surface area contributed by atoms with Crippen molar-refractivity contribution >= 4 is 11.8 Å². The maximum Gasteiger partial charge on any atom is 0.341 e. The van der Waals surface area contributed by atoms with Crippen LogP contribution in [-0.4, -0.2) is 73.9 Å². The number of nitrogens with one attached hydrogen (secondary N) is 1. The molecule has 0 amide bonds. The topological polar surface area (TPSA) is 101 Å². The molecule has 0 bridgehead atoms. The number of carbonyl (C=O) groups excluding carboxylic acids is 1. The number of hydrogen-bond donors (Lipinski definition) is 2. The minimum atomic E-state index is -1.21. The van der Waals surface area contributed by atoms with Crippen LogP contribution in [0.2, 0.25) is 0 Å². The van der Waals surface area contributed by atoms with Gasteiger partial charge >= 0.3 is 5.97 Å². The van der Waals surface area contributed by atoms with Gasteiger partial charge in [-0.25, -0.2) is 4.79 Å². The monoisotopic (exact) mass is 496 g/mol. The minimum Gasteiger partial charge on any atom is -0.497 e. The molecule has 2 atom stereocenters. The highest BCUT2D eigenvalue weighted by atomic mass is 16.6. The van der Waals surface area contributed by atoms with Crippen LogP contribution >= 0.6 is 0 Å². The van der Waals surface area contributed by atoms with E-state index in [0.717, 1.165) is 25.9 Å². The molecule has 2 heterocycles. The minimum absolute atomic E-state index is 0.140. The molecule has 0 saturated carbocycles. The van der Waals surface area contributed by atoms with E-state index >= 15 is 0 Å². The molecule has 8 heteroatoms. The normalized spacial score (nSPS) is 20.1. The number of carbonyl (C=O) groups is 2. The molecule has 2 aliphatic heterocycles. The molecule has 2 aliphatic rings. The van der Waals surface area contributed by atoms with Crippen molar-refractivity contribution in [3.63, 3.8) is 0 Å². The summed E-state index contributed by atoms with van der Waals surface area (Å²) < 4.78 is 16.7. The van der Waals surface area contributed by atoms with E-state index in [4.69, 9.17) is 14.2 Å². The number of para-hydroxylation sites is 1. The van der Waals surface area contributed by atoms with E-state index in [-0.39, 0.29) is 5.78 Å². The van der Waals surface area contributed by atoms with E-state index in [9.17, 15) is 14.7 Å². The summed E-state index contributed by atoms with van der Waals surface area (Å²) >= 11 is 0. The highest BCUT2D eigenvalue weighted by Gasteiger charge is 2.55. The molecule has 2 N–H and O–H groups in total. The molecule has 36 heavy (non-hydrogen) atoms. The first kappa shape index (κ1) is 26.1. The lowest BCUT2D eigenvalue weighted by Gasteiger charge is -2.38. The van der Waals surface area contributed by atoms with Crippen LogP contribution in [0.5, 0.6) is 11.5 Å². The van der Waals surface area contributed by atoms with Crippen LogP contribution in [0.15, 0.2) is 48.5 Å². The average molecular weight is 497 g/mol. The molecule has 0 radical (unpaired) electrons. The second kappa shape index (κ2) is 11.4. The second-order valence-corrected chi connectivity index (χ2v) is 9.82. The maximum absolute atomic E-state index is 14.3. The lowest BCUT2D eigenvalue weighted by molar-refractivity contribution is -0.139. The standard InChI is InChI=1S/C28H36N2O6/c1-19(2)30-14-12-20(13-15-30)16-29-28(25-17-36-25,27(33)21-8-10-22(34-3)11-9-21)23-6-4-5-7-24(23)35-18-26(31)32/h4-11,19-20,25,29H,12-18H2,1-3H3,(H,31,32). The lowest BCUT2D eigenvalue weighted by atomic mass is 9.78. The van der Waals surface area contributed by atoms with Crippen molar-refractivity contribution in [3.05, 3.63) is 59.7 Å². The number of ketones is 1. The van der Waals surface area contributed by atoms with Gasteiger partial charge in [-0.05, 0) is 82.6 Å². The summed E-state index contributed by atoms with van der Waals surface area (Å²) in [6, 6.07) is 14.7. The van der Waals surface area contributed by atoms with Gasteiger partial charge in [-0.2, -0.15) is 0 Å². The third-order valence-electron chi connectivity index (χ3n) is 7.24. The fourth-order valence-corrected chi connectivity index (χ4v) is 5.04. The van der Waals surface area contributed by atoms with E-state index < -0.39 is 24.2 Å². The Bertz CT molecular complexity index is 1040. The Morgan fingerprint density at radius 2 is 1.81 bits per heavy atom. The van der Waals surface area contributed by atoms with Gasteiger partial charge in [-0.15, -0.1) is 0 Å². The molecule has 0 aliphatic carbocycles. The fraction of sp³-hybridized carbons (Fsp3) is 0.500. The van der Waals surface area contributed by atoms with Crippen molar-refractivity contribution in [2.75, 3.05) is 40.0 Å². The highest BCUT2D eigenvalue weighted by molar-refractivity contribution is 6.05. The van der Waals surface area contributed by atoms with Crippen LogP contribution in [0.3, 0.4) is 0 Å². The van der Waals surface area contributed by atoms with Crippen LogP contribution in [0.1, 0.15) is 42.6 Å². The molecular formula is C28H36N2O6. The molecule has 194 valence electrons. The number of aliphatic carboxylic acids is 1. The predicted octanol–water partition coefficient (Wildman–Crippen LogP) is 3.35. The van der Waals surface area contributed by atoms with Crippen molar-refractivity contribution < 1.29 is 28.9 Å². The van der Waals surface area contributed by atoms with Gasteiger partial charge in [0.1, 0.15) is 23.1 Å². The smallest absolute Gasteiger partial charge is 0.341 e. The number of methoxy groups -OCH3 is 1. The van der Waals surface area contributed by atoms with Crippen molar-refractivity contribution in [2.24, 2.45) is 5.92 Å². The third-order valence-corrected chi connectivity index (χ3v) is 7.24.